The van der Waals surface area contributed by atoms with Crippen LogP contribution in [0, 0.1) is 0 Å². The molecule has 0 fully saturated rings. The van der Waals surface area contributed by atoms with Gasteiger partial charge in [-0.15, -0.1) is 0 Å². The second-order valence-corrected chi connectivity index (χ2v) is 12.4. The first kappa shape index (κ1) is 29.6. The van der Waals surface area contributed by atoms with Crippen molar-refractivity contribution in [3.63, 3.8) is 0 Å². The Morgan fingerprint density at radius 2 is 1.48 bits per heavy atom. The van der Waals surface area contributed by atoms with Gasteiger partial charge in [0.15, 0.2) is 0 Å². The summed E-state index contributed by atoms with van der Waals surface area (Å²) in [6.07, 6.45) is 4.30. The molecule has 218 valence electrons. The van der Waals surface area contributed by atoms with E-state index in [9.17, 15) is 8.42 Å². The summed E-state index contributed by atoms with van der Waals surface area (Å²) in [6.45, 7) is 0.686. The van der Waals surface area contributed by atoms with E-state index in [4.69, 9.17) is 25.8 Å². The molecule has 7 nitrogen and oxygen atoms in total. The molecule has 0 aromatic heterocycles. The zero-order chi connectivity index (χ0) is 29.5. The van der Waals surface area contributed by atoms with Crippen molar-refractivity contribution < 1.29 is 22.6 Å². The standard InChI is InChI=1S/C33H33ClN2O5S/c1-39-29-12-6-24(7-13-29)21-36(22-25-8-14-30(40-2)15-9-25)42(37,38)31-16-17-33-32(20-31)35-18-4-3-5-26-19-28(34)11-10-27(26)23-41-33/h6-20H,3-5,21-23H2,1-2H3. The summed E-state index contributed by atoms with van der Waals surface area (Å²) in [5.41, 5.74) is 4.34. The molecule has 0 aliphatic carbocycles. The van der Waals surface area contributed by atoms with Crippen molar-refractivity contribution in [1.29, 1.82) is 0 Å². The minimum atomic E-state index is -3.93. The van der Waals surface area contributed by atoms with Gasteiger partial charge in [-0.25, -0.2) is 8.42 Å². The van der Waals surface area contributed by atoms with Crippen LogP contribution in [0.1, 0.15) is 35.1 Å². The average Bonchev–Trinajstić information content (AvgIpc) is 3.04. The number of methoxy groups -OCH3 is 2. The van der Waals surface area contributed by atoms with Crippen molar-refractivity contribution in [3.8, 4) is 17.2 Å². The highest BCUT2D eigenvalue weighted by molar-refractivity contribution is 7.89. The highest BCUT2D eigenvalue weighted by atomic mass is 35.5. The fraction of sp³-hybridized carbons (Fsp3) is 0.242. The highest BCUT2D eigenvalue weighted by Gasteiger charge is 2.26. The van der Waals surface area contributed by atoms with Crippen LogP contribution in [-0.4, -0.2) is 33.2 Å². The van der Waals surface area contributed by atoms with Crippen molar-refractivity contribution in [2.24, 2.45) is 4.99 Å². The first-order chi connectivity index (χ1) is 20.4. The summed E-state index contributed by atoms with van der Waals surface area (Å²) in [4.78, 5) is 4.77. The van der Waals surface area contributed by atoms with E-state index in [0.717, 1.165) is 41.5 Å². The zero-order valence-corrected chi connectivity index (χ0v) is 25.2. The molecule has 1 heterocycles. The largest absolute Gasteiger partial charge is 0.497 e. The Bertz CT molecular complexity index is 1610. The third-order valence-electron chi connectivity index (χ3n) is 7.17. The number of benzene rings is 4. The Balaban J connectivity index is 1.47. The van der Waals surface area contributed by atoms with Crippen molar-refractivity contribution in [1.82, 2.24) is 4.31 Å². The van der Waals surface area contributed by atoms with Crippen molar-refractivity contribution in [2.75, 3.05) is 14.2 Å². The number of aryl methyl sites for hydroxylation is 1. The fourth-order valence-electron chi connectivity index (χ4n) is 4.79. The number of hydrogen-bond acceptors (Lipinski definition) is 6. The van der Waals surface area contributed by atoms with Gasteiger partial charge in [0, 0.05) is 24.3 Å². The predicted octanol–water partition coefficient (Wildman–Crippen LogP) is 7.37. The summed E-state index contributed by atoms with van der Waals surface area (Å²) in [6, 6.07) is 25.5. The number of hydrogen-bond donors (Lipinski definition) is 0. The molecule has 1 aliphatic rings. The van der Waals surface area contributed by atoms with E-state index in [1.807, 2.05) is 72.9 Å². The fourth-order valence-corrected chi connectivity index (χ4v) is 6.43. The van der Waals surface area contributed by atoms with Crippen LogP contribution in [0.4, 0.5) is 5.69 Å². The van der Waals surface area contributed by atoms with Gasteiger partial charge in [-0.05, 0) is 96.1 Å². The summed E-state index contributed by atoms with van der Waals surface area (Å²) >= 11 is 6.23. The van der Waals surface area contributed by atoms with Crippen LogP contribution in [0.3, 0.4) is 0 Å². The Morgan fingerprint density at radius 1 is 0.833 bits per heavy atom. The minimum Gasteiger partial charge on any atom is -0.497 e. The van der Waals surface area contributed by atoms with Crippen LogP contribution in [0.25, 0.3) is 0 Å². The summed E-state index contributed by atoms with van der Waals surface area (Å²) in [5.74, 6) is 1.93. The Morgan fingerprint density at radius 3 is 2.10 bits per heavy atom. The maximum absolute atomic E-state index is 14.2. The lowest BCUT2D eigenvalue weighted by Crippen LogP contribution is -2.30. The van der Waals surface area contributed by atoms with Gasteiger partial charge in [-0.1, -0.05) is 41.9 Å². The molecule has 9 heteroatoms. The van der Waals surface area contributed by atoms with Gasteiger partial charge in [0.2, 0.25) is 10.0 Å². The van der Waals surface area contributed by atoms with E-state index < -0.39 is 10.0 Å². The molecule has 0 saturated heterocycles. The van der Waals surface area contributed by atoms with Crippen LogP contribution in [-0.2, 0) is 36.1 Å². The maximum atomic E-state index is 14.2. The quantitative estimate of drug-likeness (QED) is 0.210. The maximum Gasteiger partial charge on any atom is 0.243 e. The van der Waals surface area contributed by atoms with E-state index in [1.54, 1.807) is 32.4 Å². The lowest BCUT2D eigenvalue weighted by molar-refractivity contribution is 0.306. The number of halogens is 1. The van der Waals surface area contributed by atoms with Crippen LogP contribution in [0.15, 0.2) is 94.8 Å². The highest BCUT2D eigenvalue weighted by Crippen LogP contribution is 2.34. The summed E-state index contributed by atoms with van der Waals surface area (Å²) < 4.78 is 46.5. The van der Waals surface area contributed by atoms with Crippen LogP contribution in [0.2, 0.25) is 5.02 Å². The smallest absolute Gasteiger partial charge is 0.243 e. The van der Waals surface area contributed by atoms with Gasteiger partial charge in [-0.3, -0.25) is 4.99 Å². The molecule has 0 bridgehead atoms. The predicted molar refractivity (Wildman–Crippen MR) is 166 cm³/mol. The number of nitrogens with zero attached hydrogens (tertiary/aromatic N) is 2. The number of ether oxygens (including phenoxy) is 3. The van der Waals surface area contributed by atoms with Gasteiger partial charge in [0.05, 0.1) is 19.1 Å². The lowest BCUT2D eigenvalue weighted by atomic mass is 10.0. The summed E-state index contributed by atoms with van der Waals surface area (Å²) in [5, 5.41) is 0.696. The number of sulfonamides is 1. The van der Waals surface area contributed by atoms with Gasteiger partial charge < -0.3 is 14.2 Å². The molecule has 5 rings (SSSR count). The van der Waals surface area contributed by atoms with Gasteiger partial charge in [0.25, 0.3) is 0 Å². The van der Waals surface area contributed by atoms with E-state index in [-0.39, 0.29) is 18.0 Å². The minimum absolute atomic E-state index is 0.145. The Labute approximate surface area is 252 Å². The SMILES string of the molecule is COc1ccc(CN(Cc2ccc(OC)cc2)S(=O)(=O)c2ccc3c(c2)N=CCCCc2cc(Cl)ccc2CO3)cc1. The molecule has 0 unspecified atom stereocenters. The molecule has 0 saturated carbocycles. The van der Waals surface area contributed by atoms with Crippen LogP contribution in [0.5, 0.6) is 17.2 Å². The van der Waals surface area contributed by atoms with Crippen molar-refractivity contribution in [3.05, 3.63) is 112 Å². The monoisotopic (exact) mass is 604 g/mol. The first-order valence-electron chi connectivity index (χ1n) is 13.7. The normalized spacial score (nSPS) is 13.4. The molecule has 0 radical (unpaired) electrons. The van der Waals surface area contributed by atoms with Gasteiger partial charge >= 0.3 is 0 Å². The molecule has 4 aromatic rings. The van der Waals surface area contributed by atoms with Crippen molar-refractivity contribution in [2.45, 2.75) is 43.9 Å². The van der Waals surface area contributed by atoms with E-state index >= 15 is 0 Å². The molecule has 0 spiro atoms. The van der Waals surface area contributed by atoms with E-state index in [0.29, 0.717) is 34.6 Å². The molecule has 1 aliphatic heterocycles. The third-order valence-corrected chi connectivity index (χ3v) is 9.19. The Kier molecular flexibility index (Phi) is 9.47. The molecular formula is C33H33ClN2O5S. The van der Waals surface area contributed by atoms with E-state index in [1.165, 1.54) is 4.31 Å². The molecule has 4 aromatic carbocycles. The van der Waals surface area contributed by atoms with Gasteiger partial charge in [0.1, 0.15) is 29.5 Å². The second-order valence-electron chi connectivity index (χ2n) is 10.0. The number of aliphatic imine (C=N–C) groups is 1. The first-order valence-corrected chi connectivity index (χ1v) is 15.5. The zero-order valence-electron chi connectivity index (χ0n) is 23.6. The number of rotatable bonds is 8. The molecule has 0 N–H and O–H groups in total. The molecule has 0 amide bonds. The van der Waals surface area contributed by atoms with E-state index in [2.05, 4.69) is 4.99 Å². The molecule has 0 atom stereocenters. The molecule has 42 heavy (non-hydrogen) atoms. The Hall–Kier alpha value is -3.85. The molecular weight excluding hydrogens is 572 g/mol. The second kappa shape index (κ2) is 13.4. The average molecular weight is 605 g/mol. The third kappa shape index (κ3) is 7.13. The lowest BCUT2D eigenvalue weighted by Gasteiger charge is -2.23. The van der Waals surface area contributed by atoms with Crippen LogP contribution < -0.4 is 14.2 Å². The number of fused-ring (bicyclic) bond motifs is 2. The summed E-state index contributed by atoms with van der Waals surface area (Å²) in [7, 11) is -0.736. The van der Waals surface area contributed by atoms with Gasteiger partial charge in [-0.2, -0.15) is 4.31 Å². The van der Waals surface area contributed by atoms with Crippen molar-refractivity contribution >= 4 is 33.5 Å². The topological polar surface area (TPSA) is 77.4 Å². The van der Waals surface area contributed by atoms with Crippen LogP contribution >= 0.6 is 11.6 Å².